The summed E-state index contributed by atoms with van der Waals surface area (Å²) in [6, 6.07) is 7.57. The Labute approximate surface area is 143 Å². The Balaban J connectivity index is 1.64. The first-order valence-corrected chi connectivity index (χ1v) is 8.86. The van der Waals surface area contributed by atoms with Crippen LogP contribution < -0.4 is 10.6 Å². The molecule has 0 aromatic heterocycles. The van der Waals surface area contributed by atoms with Crippen molar-refractivity contribution in [3.63, 3.8) is 0 Å². The molecule has 3 N–H and O–H groups in total. The monoisotopic (exact) mass is 332 g/mol. The highest BCUT2D eigenvalue weighted by molar-refractivity contribution is 5.80. The van der Waals surface area contributed by atoms with Gasteiger partial charge in [0.25, 0.3) is 0 Å². The average Bonchev–Trinajstić information content (AvgIpc) is 2.60. The lowest BCUT2D eigenvalue weighted by Gasteiger charge is -2.20. The molecular weight excluding hydrogens is 304 g/mol. The third kappa shape index (κ3) is 5.64. The lowest BCUT2D eigenvalue weighted by atomic mass is 9.89. The predicted octanol–water partition coefficient (Wildman–Crippen LogP) is 2.23. The third-order valence-corrected chi connectivity index (χ3v) is 4.67. The summed E-state index contributed by atoms with van der Waals surface area (Å²) in [6.07, 6.45) is 4.90. The number of carbonyl (C=O) groups excluding carboxylic acids is 2. The van der Waals surface area contributed by atoms with Crippen LogP contribution in [0.25, 0.3) is 0 Å². The fourth-order valence-electron chi connectivity index (χ4n) is 3.18. The molecule has 0 heterocycles. The van der Waals surface area contributed by atoms with E-state index in [1.165, 1.54) is 6.42 Å². The SMILES string of the molecule is Cc1ccccc1C(O)CNC(=O)CCNC(=O)C1CCCCC1. The topological polar surface area (TPSA) is 78.4 Å². The second-order valence-corrected chi connectivity index (χ2v) is 6.55. The lowest BCUT2D eigenvalue weighted by molar-refractivity contribution is -0.126. The smallest absolute Gasteiger partial charge is 0.223 e. The van der Waals surface area contributed by atoms with Crippen molar-refractivity contribution in [2.24, 2.45) is 5.92 Å². The summed E-state index contributed by atoms with van der Waals surface area (Å²) < 4.78 is 0. The van der Waals surface area contributed by atoms with E-state index >= 15 is 0 Å². The molecule has 1 unspecified atom stereocenters. The van der Waals surface area contributed by atoms with Crippen LogP contribution in [0.2, 0.25) is 0 Å². The molecule has 0 radical (unpaired) electrons. The predicted molar refractivity (Wildman–Crippen MR) is 93.4 cm³/mol. The molecule has 0 bridgehead atoms. The number of nitrogens with one attached hydrogen (secondary N) is 2. The van der Waals surface area contributed by atoms with Gasteiger partial charge in [-0.25, -0.2) is 0 Å². The summed E-state index contributed by atoms with van der Waals surface area (Å²) in [6.45, 7) is 2.46. The zero-order valence-corrected chi connectivity index (χ0v) is 14.4. The second kappa shape index (κ2) is 9.42. The second-order valence-electron chi connectivity index (χ2n) is 6.55. The van der Waals surface area contributed by atoms with E-state index in [1.807, 2.05) is 31.2 Å². The minimum atomic E-state index is -0.716. The van der Waals surface area contributed by atoms with Crippen molar-refractivity contribution in [1.29, 1.82) is 0 Å². The van der Waals surface area contributed by atoms with Crippen LogP contribution in [0.15, 0.2) is 24.3 Å². The number of aryl methyl sites for hydroxylation is 1. The normalized spacial score (nSPS) is 16.4. The Morgan fingerprint density at radius 3 is 2.58 bits per heavy atom. The maximum absolute atomic E-state index is 12.0. The quantitative estimate of drug-likeness (QED) is 0.716. The van der Waals surface area contributed by atoms with Crippen molar-refractivity contribution in [2.45, 2.75) is 51.6 Å². The molecule has 132 valence electrons. The van der Waals surface area contributed by atoms with Gasteiger partial charge in [0.2, 0.25) is 11.8 Å². The van der Waals surface area contributed by atoms with Crippen molar-refractivity contribution in [2.75, 3.05) is 13.1 Å². The highest BCUT2D eigenvalue weighted by atomic mass is 16.3. The fourth-order valence-corrected chi connectivity index (χ4v) is 3.18. The van der Waals surface area contributed by atoms with Crippen molar-refractivity contribution in [3.05, 3.63) is 35.4 Å². The van der Waals surface area contributed by atoms with Crippen molar-refractivity contribution < 1.29 is 14.7 Å². The van der Waals surface area contributed by atoms with E-state index in [-0.39, 0.29) is 30.7 Å². The molecule has 5 heteroatoms. The number of carbonyl (C=O) groups is 2. The third-order valence-electron chi connectivity index (χ3n) is 4.67. The summed E-state index contributed by atoms with van der Waals surface area (Å²) in [5, 5.41) is 15.7. The standard InChI is InChI=1S/C19H28N2O3/c1-14-7-5-6-10-16(14)17(22)13-21-18(23)11-12-20-19(24)15-8-3-2-4-9-15/h5-7,10,15,17,22H,2-4,8-9,11-13H2,1H3,(H,20,24)(H,21,23). The molecule has 1 atom stereocenters. The van der Waals surface area contributed by atoms with Crippen molar-refractivity contribution in [1.82, 2.24) is 10.6 Å². The molecule has 1 aromatic carbocycles. The molecule has 0 spiro atoms. The summed E-state index contributed by atoms with van der Waals surface area (Å²) in [5.74, 6) is 0.0266. The molecule has 24 heavy (non-hydrogen) atoms. The van der Waals surface area contributed by atoms with E-state index in [0.717, 1.165) is 36.8 Å². The molecular formula is C19H28N2O3. The van der Waals surface area contributed by atoms with Gasteiger partial charge in [-0.05, 0) is 30.9 Å². The number of hydrogen-bond donors (Lipinski definition) is 3. The number of benzene rings is 1. The van der Waals surface area contributed by atoms with Gasteiger partial charge in [0, 0.05) is 25.4 Å². The molecule has 1 fully saturated rings. The van der Waals surface area contributed by atoms with E-state index in [4.69, 9.17) is 0 Å². The minimum Gasteiger partial charge on any atom is -0.387 e. The van der Waals surface area contributed by atoms with Crippen LogP contribution >= 0.6 is 0 Å². The van der Waals surface area contributed by atoms with Crippen LogP contribution in [0, 0.1) is 12.8 Å². The van der Waals surface area contributed by atoms with E-state index in [2.05, 4.69) is 10.6 Å². The number of aliphatic hydroxyl groups is 1. The van der Waals surface area contributed by atoms with E-state index < -0.39 is 6.10 Å². The maximum atomic E-state index is 12.0. The van der Waals surface area contributed by atoms with Gasteiger partial charge in [0.05, 0.1) is 6.10 Å². The Bertz CT molecular complexity index is 553. The van der Waals surface area contributed by atoms with Gasteiger partial charge >= 0.3 is 0 Å². The van der Waals surface area contributed by atoms with Gasteiger partial charge in [-0.1, -0.05) is 43.5 Å². The van der Waals surface area contributed by atoms with Crippen LogP contribution in [0.4, 0.5) is 0 Å². The zero-order chi connectivity index (χ0) is 17.4. The van der Waals surface area contributed by atoms with Crippen LogP contribution in [0.5, 0.6) is 0 Å². The minimum absolute atomic E-state index is 0.0717. The highest BCUT2D eigenvalue weighted by Crippen LogP contribution is 2.23. The largest absolute Gasteiger partial charge is 0.387 e. The number of hydrogen-bond acceptors (Lipinski definition) is 3. The van der Waals surface area contributed by atoms with Gasteiger partial charge in [-0.15, -0.1) is 0 Å². The Morgan fingerprint density at radius 2 is 1.88 bits per heavy atom. The summed E-state index contributed by atoms with van der Waals surface area (Å²) in [5.41, 5.74) is 1.82. The van der Waals surface area contributed by atoms with E-state index in [9.17, 15) is 14.7 Å². The molecule has 0 saturated heterocycles. The first-order valence-electron chi connectivity index (χ1n) is 8.86. The fraction of sp³-hybridized carbons (Fsp3) is 0.579. The zero-order valence-electron chi connectivity index (χ0n) is 14.4. The Hall–Kier alpha value is -1.88. The first-order chi connectivity index (χ1) is 11.6. The highest BCUT2D eigenvalue weighted by Gasteiger charge is 2.20. The van der Waals surface area contributed by atoms with Crippen LogP contribution in [-0.4, -0.2) is 30.0 Å². The van der Waals surface area contributed by atoms with Crippen LogP contribution in [-0.2, 0) is 9.59 Å². The summed E-state index contributed by atoms with van der Waals surface area (Å²) in [7, 11) is 0. The molecule has 1 aromatic rings. The van der Waals surface area contributed by atoms with Gasteiger partial charge in [0.1, 0.15) is 0 Å². The molecule has 1 aliphatic carbocycles. The summed E-state index contributed by atoms with van der Waals surface area (Å²) in [4.78, 5) is 23.8. The van der Waals surface area contributed by atoms with Gasteiger partial charge < -0.3 is 15.7 Å². The van der Waals surface area contributed by atoms with Gasteiger partial charge in [-0.2, -0.15) is 0 Å². The molecule has 1 saturated carbocycles. The van der Waals surface area contributed by atoms with Crippen LogP contribution in [0.1, 0.15) is 55.8 Å². The van der Waals surface area contributed by atoms with Gasteiger partial charge in [-0.3, -0.25) is 9.59 Å². The molecule has 0 aliphatic heterocycles. The lowest BCUT2D eigenvalue weighted by Crippen LogP contribution is -2.36. The number of amides is 2. The first kappa shape index (κ1) is 18.5. The molecule has 5 nitrogen and oxygen atoms in total. The molecule has 2 rings (SSSR count). The average molecular weight is 332 g/mol. The molecule has 1 aliphatic rings. The summed E-state index contributed by atoms with van der Waals surface area (Å²) >= 11 is 0. The molecule has 2 amide bonds. The number of rotatable bonds is 7. The Morgan fingerprint density at radius 1 is 1.17 bits per heavy atom. The maximum Gasteiger partial charge on any atom is 0.223 e. The van der Waals surface area contributed by atoms with E-state index in [1.54, 1.807) is 0 Å². The van der Waals surface area contributed by atoms with E-state index in [0.29, 0.717) is 6.54 Å². The Kier molecular flexibility index (Phi) is 7.25. The number of aliphatic hydroxyl groups excluding tert-OH is 1. The van der Waals surface area contributed by atoms with Crippen molar-refractivity contribution >= 4 is 11.8 Å². The van der Waals surface area contributed by atoms with Crippen molar-refractivity contribution in [3.8, 4) is 0 Å². The van der Waals surface area contributed by atoms with Crippen LogP contribution in [0.3, 0.4) is 0 Å². The van der Waals surface area contributed by atoms with Gasteiger partial charge in [0.15, 0.2) is 0 Å².